The highest BCUT2D eigenvalue weighted by atomic mass is 16.1. The maximum absolute atomic E-state index is 11.5. The summed E-state index contributed by atoms with van der Waals surface area (Å²) in [6.07, 6.45) is 15.1. The van der Waals surface area contributed by atoms with Gasteiger partial charge in [0.25, 0.3) is 0 Å². The van der Waals surface area contributed by atoms with Gasteiger partial charge in [0, 0.05) is 19.4 Å². The van der Waals surface area contributed by atoms with E-state index in [-0.39, 0.29) is 5.91 Å². The van der Waals surface area contributed by atoms with Crippen LogP contribution in [0, 0.1) is 18.3 Å². The second-order valence-corrected chi connectivity index (χ2v) is 4.70. The molecular formula is C14H23NO. The van der Waals surface area contributed by atoms with Crippen molar-refractivity contribution in [3.63, 3.8) is 0 Å². The van der Waals surface area contributed by atoms with Gasteiger partial charge in [0.1, 0.15) is 0 Å². The summed E-state index contributed by atoms with van der Waals surface area (Å²) in [7, 11) is 0. The van der Waals surface area contributed by atoms with Gasteiger partial charge in [0.2, 0.25) is 5.91 Å². The minimum Gasteiger partial charge on any atom is -0.356 e. The molecule has 0 aromatic rings. The van der Waals surface area contributed by atoms with Crippen LogP contribution in [0.1, 0.15) is 57.8 Å². The van der Waals surface area contributed by atoms with Crippen LogP contribution in [0.25, 0.3) is 0 Å². The Morgan fingerprint density at radius 2 is 2.06 bits per heavy atom. The SMILES string of the molecule is C#CCCCCNC(=O)CCC1CCCC1. The number of amides is 1. The average Bonchev–Trinajstić information content (AvgIpc) is 2.79. The Kier molecular flexibility index (Phi) is 6.72. The molecule has 0 bridgehead atoms. The molecule has 16 heavy (non-hydrogen) atoms. The topological polar surface area (TPSA) is 29.1 Å². The van der Waals surface area contributed by atoms with Crippen molar-refractivity contribution >= 4 is 5.91 Å². The van der Waals surface area contributed by atoms with E-state index >= 15 is 0 Å². The molecule has 1 rings (SSSR count). The Bertz CT molecular complexity index is 236. The molecule has 1 saturated carbocycles. The molecule has 0 heterocycles. The van der Waals surface area contributed by atoms with Gasteiger partial charge in [-0.2, -0.15) is 0 Å². The lowest BCUT2D eigenvalue weighted by atomic mass is 10.0. The van der Waals surface area contributed by atoms with E-state index in [9.17, 15) is 4.79 Å². The summed E-state index contributed by atoms with van der Waals surface area (Å²) in [5.41, 5.74) is 0. The molecule has 90 valence electrons. The highest BCUT2D eigenvalue weighted by molar-refractivity contribution is 5.75. The van der Waals surface area contributed by atoms with E-state index in [1.807, 2.05) is 0 Å². The summed E-state index contributed by atoms with van der Waals surface area (Å²) in [4.78, 5) is 11.5. The van der Waals surface area contributed by atoms with Gasteiger partial charge < -0.3 is 5.32 Å². The van der Waals surface area contributed by atoms with Gasteiger partial charge in [-0.25, -0.2) is 0 Å². The van der Waals surface area contributed by atoms with Crippen LogP contribution in [0.5, 0.6) is 0 Å². The molecule has 1 N–H and O–H groups in total. The average molecular weight is 221 g/mol. The predicted molar refractivity (Wildman–Crippen MR) is 66.9 cm³/mol. The van der Waals surface area contributed by atoms with Crippen LogP contribution < -0.4 is 5.32 Å². The number of rotatable bonds is 7. The van der Waals surface area contributed by atoms with Crippen molar-refractivity contribution in [2.24, 2.45) is 5.92 Å². The van der Waals surface area contributed by atoms with Crippen LogP contribution in [0.3, 0.4) is 0 Å². The molecule has 0 spiro atoms. The van der Waals surface area contributed by atoms with Crippen molar-refractivity contribution in [2.45, 2.75) is 57.8 Å². The fourth-order valence-electron chi connectivity index (χ4n) is 2.30. The molecule has 0 saturated heterocycles. The third-order valence-electron chi connectivity index (χ3n) is 3.32. The number of nitrogens with one attached hydrogen (secondary N) is 1. The summed E-state index contributed by atoms with van der Waals surface area (Å²) in [6.45, 7) is 0.783. The Morgan fingerprint density at radius 1 is 1.31 bits per heavy atom. The Morgan fingerprint density at radius 3 is 2.75 bits per heavy atom. The highest BCUT2D eigenvalue weighted by Crippen LogP contribution is 2.28. The quantitative estimate of drug-likeness (QED) is 0.520. The van der Waals surface area contributed by atoms with Crippen LogP contribution in [0.4, 0.5) is 0 Å². The second kappa shape index (κ2) is 8.21. The van der Waals surface area contributed by atoms with Gasteiger partial charge in [0.15, 0.2) is 0 Å². The molecule has 0 atom stereocenters. The molecular weight excluding hydrogens is 198 g/mol. The van der Waals surface area contributed by atoms with E-state index in [1.165, 1.54) is 25.7 Å². The van der Waals surface area contributed by atoms with Gasteiger partial charge in [-0.05, 0) is 25.2 Å². The maximum atomic E-state index is 11.5. The number of hydrogen-bond acceptors (Lipinski definition) is 1. The predicted octanol–water partition coefficient (Wildman–Crippen LogP) is 2.88. The van der Waals surface area contributed by atoms with Crippen molar-refractivity contribution in [1.82, 2.24) is 5.32 Å². The minimum atomic E-state index is 0.215. The van der Waals surface area contributed by atoms with Gasteiger partial charge in [-0.1, -0.05) is 25.7 Å². The summed E-state index contributed by atoms with van der Waals surface area (Å²) in [6, 6.07) is 0. The standard InChI is InChI=1S/C14H23NO/c1-2-3-4-7-12-15-14(16)11-10-13-8-5-6-9-13/h1,13H,3-12H2,(H,15,16). The zero-order chi connectivity index (χ0) is 11.6. The van der Waals surface area contributed by atoms with E-state index in [1.54, 1.807) is 0 Å². The zero-order valence-electron chi connectivity index (χ0n) is 10.1. The molecule has 1 aliphatic carbocycles. The lowest BCUT2D eigenvalue weighted by Gasteiger charge is -2.08. The fraction of sp³-hybridized carbons (Fsp3) is 0.786. The second-order valence-electron chi connectivity index (χ2n) is 4.70. The van der Waals surface area contributed by atoms with Crippen molar-refractivity contribution in [2.75, 3.05) is 6.54 Å². The van der Waals surface area contributed by atoms with Crippen molar-refractivity contribution in [3.05, 3.63) is 0 Å². The van der Waals surface area contributed by atoms with Gasteiger partial charge in [-0.3, -0.25) is 4.79 Å². The van der Waals surface area contributed by atoms with Crippen LogP contribution in [-0.4, -0.2) is 12.5 Å². The summed E-state index contributed by atoms with van der Waals surface area (Å²) in [5.74, 6) is 3.63. The monoisotopic (exact) mass is 221 g/mol. The number of carbonyl (C=O) groups is 1. The first-order valence-corrected chi connectivity index (χ1v) is 6.53. The smallest absolute Gasteiger partial charge is 0.220 e. The number of hydrogen-bond donors (Lipinski definition) is 1. The number of terminal acetylenes is 1. The normalized spacial score (nSPS) is 15.9. The van der Waals surface area contributed by atoms with Crippen LogP contribution in [-0.2, 0) is 4.79 Å². The van der Waals surface area contributed by atoms with Crippen molar-refractivity contribution in [3.8, 4) is 12.3 Å². The van der Waals surface area contributed by atoms with Crippen LogP contribution in [0.2, 0.25) is 0 Å². The molecule has 2 heteroatoms. The first kappa shape index (κ1) is 13.1. The van der Waals surface area contributed by atoms with Crippen molar-refractivity contribution in [1.29, 1.82) is 0 Å². The van der Waals surface area contributed by atoms with E-state index < -0.39 is 0 Å². The lowest BCUT2D eigenvalue weighted by Crippen LogP contribution is -2.24. The van der Waals surface area contributed by atoms with Gasteiger partial charge >= 0.3 is 0 Å². The summed E-state index contributed by atoms with van der Waals surface area (Å²) >= 11 is 0. The molecule has 2 nitrogen and oxygen atoms in total. The fourth-order valence-corrected chi connectivity index (χ4v) is 2.30. The molecule has 1 fully saturated rings. The third-order valence-corrected chi connectivity index (χ3v) is 3.32. The van der Waals surface area contributed by atoms with Gasteiger partial charge in [-0.15, -0.1) is 12.3 Å². The largest absolute Gasteiger partial charge is 0.356 e. The molecule has 0 radical (unpaired) electrons. The van der Waals surface area contributed by atoms with Crippen LogP contribution >= 0.6 is 0 Å². The molecule has 0 aromatic heterocycles. The van der Waals surface area contributed by atoms with E-state index in [2.05, 4.69) is 11.2 Å². The highest BCUT2D eigenvalue weighted by Gasteiger charge is 2.15. The number of unbranched alkanes of at least 4 members (excludes halogenated alkanes) is 2. The molecule has 0 unspecified atom stereocenters. The van der Waals surface area contributed by atoms with E-state index in [0.717, 1.165) is 38.1 Å². The summed E-state index contributed by atoms with van der Waals surface area (Å²) < 4.78 is 0. The molecule has 0 aliphatic heterocycles. The van der Waals surface area contributed by atoms with Gasteiger partial charge in [0.05, 0.1) is 0 Å². The zero-order valence-corrected chi connectivity index (χ0v) is 10.1. The molecule has 0 aromatic carbocycles. The Labute approximate surface area is 99.2 Å². The molecule has 1 amide bonds. The van der Waals surface area contributed by atoms with Crippen molar-refractivity contribution < 1.29 is 4.79 Å². The maximum Gasteiger partial charge on any atom is 0.220 e. The third kappa shape index (κ3) is 5.80. The molecule has 1 aliphatic rings. The number of carbonyl (C=O) groups excluding carboxylic acids is 1. The van der Waals surface area contributed by atoms with E-state index in [4.69, 9.17) is 6.42 Å². The first-order valence-electron chi connectivity index (χ1n) is 6.53. The van der Waals surface area contributed by atoms with Crippen LogP contribution in [0.15, 0.2) is 0 Å². The first-order chi connectivity index (χ1) is 7.83. The Balaban J connectivity index is 1.92. The summed E-state index contributed by atoms with van der Waals surface area (Å²) in [5, 5.41) is 2.96. The Hall–Kier alpha value is -0.970. The minimum absolute atomic E-state index is 0.215. The lowest BCUT2D eigenvalue weighted by molar-refractivity contribution is -0.121. The van der Waals surface area contributed by atoms with E-state index in [0.29, 0.717) is 6.42 Å².